The Labute approximate surface area is 182 Å². The minimum Gasteiger partial charge on any atom is 0 e. The summed E-state index contributed by atoms with van der Waals surface area (Å²) in [6.45, 7) is 31.0. The average molecular weight is 514 g/mol. The molecule has 136 valence electrons. The van der Waals surface area contributed by atoms with Crippen molar-refractivity contribution in [2.45, 2.75) is 13.8 Å². The van der Waals surface area contributed by atoms with E-state index in [1.807, 2.05) is 19.1 Å². The molecule has 6 nitrogen and oxygen atoms in total. The maximum atomic E-state index is 7.50. The van der Waals surface area contributed by atoms with Gasteiger partial charge >= 0.3 is 67.8 Å². The van der Waals surface area contributed by atoms with Gasteiger partial charge in [-0.25, -0.2) is 19.1 Å². The van der Waals surface area contributed by atoms with E-state index in [4.69, 9.17) is 27.9 Å². The molecule has 8 heteroatoms. The summed E-state index contributed by atoms with van der Waals surface area (Å²) >= 11 is 0. The monoisotopic (exact) mass is 518 g/mol. The molecular formula is C18H10Mo2O6-6. The molecule has 0 N–H and O–H groups in total. The van der Waals surface area contributed by atoms with Crippen molar-refractivity contribution in [2.75, 3.05) is 0 Å². The quantitative estimate of drug-likeness (QED) is 0.292. The summed E-state index contributed by atoms with van der Waals surface area (Å²) in [4.78, 5) is 0. The van der Waals surface area contributed by atoms with E-state index in [-0.39, 0.29) is 42.1 Å². The van der Waals surface area contributed by atoms with Crippen LogP contribution in [-0.4, -0.2) is 0 Å². The van der Waals surface area contributed by atoms with Crippen molar-refractivity contribution in [1.29, 1.82) is 0 Å². The molecule has 2 rings (SSSR count). The molecule has 0 aliphatic carbocycles. The van der Waals surface area contributed by atoms with Crippen LogP contribution in [0.4, 0.5) is 0 Å². The predicted molar refractivity (Wildman–Crippen MR) is 72.5 cm³/mol. The third kappa shape index (κ3) is 66.5. The first-order valence-corrected chi connectivity index (χ1v) is 5.05. The molecule has 0 atom stereocenters. The smallest absolute Gasteiger partial charge is 0 e. The summed E-state index contributed by atoms with van der Waals surface area (Å²) in [6.07, 6.45) is 0. The Hall–Kier alpha value is -1.48. The van der Waals surface area contributed by atoms with Crippen LogP contribution >= 0.6 is 0 Å². The predicted octanol–water partition coefficient (Wildman–Crippen LogP) is 2.40. The van der Waals surface area contributed by atoms with Gasteiger partial charge in [-0.15, -0.1) is 0 Å². The summed E-state index contributed by atoms with van der Waals surface area (Å²) in [6, 6.07) is 19.0. The van der Waals surface area contributed by atoms with Crippen LogP contribution in [0.15, 0.2) is 24.3 Å². The standard InChI is InChI=1S/C6H7.C6H3.6CO.2Mo/c2*1-6-4-2-3-5-6;6*1-2;;/h2-5H,1H3;1H3;;;;;;;;/q-1;-5;;;;;;;;. The number of aryl methyl sites for hydroxylation is 2. The Morgan fingerprint density at radius 2 is 0.808 bits per heavy atom. The van der Waals surface area contributed by atoms with E-state index in [9.17, 15) is 0 Å². The molecule has 0 heterocycles. The first kappa shape index (κ1) is 49.7. The van der Waals surface area contributed by atoms with Crippen LogP contribution in [0.2, 0.25) is 0 Å². The molecule has 0 amide bonds. The van der Waals surface area contributed by atoms with Gasteiger partial charge in [0.2, 0.25) is 0 Å². The van der Waals surface area contributed by atoms with Crippen molar-refractivity contribution in [2.24, 2.45) is 0 Å². The molecule has 0 saturated heterocycles. The van der Waals surface area contributed by atoms with Gasteiger partial charge in [0.1, 0.15) is 0 Å². The van der Waals surface area contributed by atoms with E-state index in [2.05, 4.69) is 83.2 Å². The molecule has 0 saturated carbocycles. The molecule has 0 spiro atoms. The second kappa shape index (κ2) is 76.1. The van der Waals surface area contributed by atoms with Gasteiger partial charge in [0, 0.05) is 42.1 Å². The summed E-state index contributed by atoms with van der Waals surface area (Å²) < 4.78 is 45.0. The third-order valence-corrected chi connectivity index (χ3v) is 1.39. The molecule has 0 fully saturated rings. The largest absolute Gasteiger partial charge is 0 e. The zero-order valence-electron chi connectivity index (χ0n) is 13.6. The number of hydrogen-bond donors (Lipinski definition) is 0. The second-order valence-corrected chi connectivity index (χ2v) is 2.59. The third-order valence-electron chi connectivity index (χ3n) is 1.39. The molecular weight excluding hydrogens is 504 g/mol. The van der Waals surface area contributed by atoms with Crippen LogP contribution in [-0.2, 0) is 70.0 Å². The van der Waals surface area contributed by atoms with Crippen LogP contribution in [0, 0.1) is 78.0 Å². The van der Waals surface area contributed by atoms with Gasteiger partial charge in [0.15, 0.2) is 0 Å². The molecule has 26 heavy (non-hydrogen) atoms. The summed E-state index contributed by atoms with van der Waals surface area (Å²) in [7, 11) is 0. The first-order valence-electron chi connectivity index (χ1n) is 5.05. The summed E-state index contributed by atoms with van der Waals surface area (Å²) in [5.74, 6) is 0. The molecule has 0 aliphatic heterocycles. The Morgan fingerprint density at radius 1 is 0.577 bits per heavy atom. The van der Waals surface area contributed by atoms with Crippen LogP contribution < -0.4 is 0 Å². The van der Waals surface area contributed by atoms with Crippen molar-refractivity contribution in [3.63, 3.8) is 0 Å². The van der Waals surface area contributed by atoms with Crippen molar-refractivity contribution < 1.29 is 70.0 Å². The molecule has 0 radical (unpaired) electrons. The van der Waals surface area contributed by atoms with E-state index in [0.717, 1.165) is 5.56 Å². The topological polar surface area (TPSA) is 119 Å². The second-order valence-electron chi connectivity index (χ2n) is 2.59. The Morgan fingerprint density at radius 3 is 0.885 bits per heavy atom. The van der Waals surface area contributed by atoms with Crippen molar-refractivity contribution in [1.82, 2.24) is 0 Å². The van der Waals surface area contributed by atoms with Crippen molar-refractivity contribution in [3.8, 4) is 0 Å². The van der Waals surface area contributed by atoms with Crippen molar-refractivity contribution >= 4 is 0 Å². The molecule has 0 aromatic heterocycles. The maximum Gasteiger partial charge on any atom is 0 e. The zero-order valence-corrected chi connectivity index (χ0v) is 17.6. The van der Waals surface area contributed by atoms with E-state index < -0.39 is 0 Å². The number of rotatable bonds is 0. The van der Waals surface area contributed by atoms with Gasteiger partial charge in [-0.3, -0.25) is 0 Å². The van der Waals surface area contributed by atoms with Crippen LogP contribution in [0.5, 0.6) is 0 Å². The molecule has 2 aromatic rings. The van der Waals surface area contributed by atoms with Crippen LogP contribution in [0.3, 0.4) is 0 Å². The van der Waals surface area contributed by atoms with Gasteiger partial charge < -0.3 is 29.8 Å². The molecule has 2 aromatic carbocycles. The van der Waals surface area contributed by atoms with Gasteiger partial charge in [-0.2, -0.15) is 17.7 Å². The van der Waals surface area contributed by atoms with Crippen LogP contribution in [0.25, 0.3) is 0 Å². The first-order chi connectivity index (χ1) is 11.8. The Balaban J connectivity index is -0.0000000255. The fourth-order valence-electron chi connectivity index (χ4n) is 0.751. The number of hydrogen-bond acceptors (Lipinski definition) is 0. The minimum atomic E-state index is 0. The zero-order chi connectivity index (χ0) is 20.8. The van der Waals surface area contributed by atoms with Gasteiger partial charge in [-0.05, 0) is 0 Å². The van der Waals surface area contributed by atoms with E-state index in [1.165, 1.54) is 5.56 Å². The van der Waals surface area contributed by atoms with Gasteiger partial charge in [-0.1, -0.05) is 6.92 Å². The minimum absolute atomic E-state index is 0. The molecule has 0 unspecified atom stereocenters. The van der Waals surface area contributed by atoms with Crippen LogP contribution in [0.1, 0.15) is 11.1 Å². The maximum absolute atomic E-state index is 7.50. The Bertz CT molecular complexity index is 439. The van der Waals surface area contributed by atoms with E-state index in [0.29, 0.717) is 0 Å². The normalized spacial score (nSPS) is 4.54. The molecule has 0 bridgehead atoms. The summed E-state index contributed by atoms with van der Waals surface area (Å²) in [5, 5.41) is 0. The van der Waals surface area contributed by atoms with E-state index in [1.54, 1.807) is 0 Å². The van der Waals surface area contributed by atoms with Crippen molar-refractivity contribution in [3.05, 3.63) is 99.6 Å². The Kier molecular flexibility index (Phi) is 145. The summed E-state index contributed by atoms with van der Waals surface area (Å²) in [5.41, 5.74) is 2.32. The SMILES string of the molecule is C[c-]1[c-][c-][c-][c-]1.C[c-]1cccc1.[C-]#[O+].[C-]#[O+].[C-]#[O+].[C-]#[O+].[C-]#[O+].[C-]#[O+].[Mo].[Mo]. The fraction of sp³-hybridized carbons (Fsp3) is 0.111. The fourth-order valence-corrected chi connectivity index (χ4v) is 0.751. The average Bonchev–Trinajstić information content (AvgIpc) is 3.39. The molecule has 0 aliphatic rings. The van der Waals surface area contributed by atoms with Gasteiger partial charge in [0.05, 0.1) is 0 Å². The van der Waals surface area contributed by atoms with Gasteiger partial charge in [0.25, 0.3) is 0 Å². The van der Waals surface area contributed by atoms with E-state index >= 15 is 0 Å².